The number of benzene rings is 2. The molecule has 0 heteroatoms. The first-order chi connectivity index (χ1) is 11.1. The summed E-state index contributed by atoms with van der Waals surface area (Å²) >= 11 is 0. The fraction of sp³-hybridized carbons (Fsp3) is 0.478. The van der Waals surface area contributed by atoms with Crippen LogP contribution in [0.25, 0.3) is 11.1 Å². The van der Waals surface area contributed by atoms with Gasteiger partial charge in [0.15, 0.2) is 0 Å². The highest BCUT2D eigenvalue weighted by molar-refractivity contribution is 5.78. The molecule has 0 spiro atoms. The fourth-order valence-electron chi connectivity index (χ4n) is 4.83. The Balaban J connectivity index is 2.01. The third kappa shape index (κ3) is 2.35. The lowest BCUT2D eigenvalue weighted by Gasteiger charge is -2.25. The Morgan fingerprint density at radius 1 is 0.913 bits per heavy atom. The predicted molar refractivity (Wildman–Crippen MR) is 99.3 cm³/mol. The van der Waals surface area contributed by atoms with Crippen molar-refractivity contribution in [2.24, 2.45) is 5.92 Å². The molecule has 2 aromatic rings. The van der Waals surface area contributed by atoms with Crippen LogP contribution in [0.3, 0.4) is 0 Å². The van der Waals surface area contributed by atoms with Gasteiger partial charge in [-0.1, -0.05) is 43.7 Å². The molecule has 2 aliphatic rings. The smallest absolute Gasteiger partial charge is 0.0111 e. The maximum atomic E-state index is 2.57. The van der Waals surface area contributed by atoms with Crippen LogP contribution in [0.15, 0.2) is 24.3 Å². The molecule has 0 aliphatic heterocycles. The van der Waals surface area contributed by atoms with Crippen molar-refractivity contribution in [1.82, 2.24) is 0 Å². The van der Waals surface area contributed by atoms with E-state index in [9.17, 15) is 0 Å². The molecule has 0 nitrogen and oxygen atoms in total. The average molecular weight is 304 g/mol. The van der Waals surface area contributed by atoms with Gasteiger partial charge in [-0.3, -0.25) is 0 Å². The van der Waals surface area contributed by atoms with E-state index in [-0.39, 0.29) is 0 Å². The lowest BCUT2D eigenvalue weighted by atomic mass is 9.80. The third-order valence-electron chi connectivity index (χ3n) is 6.31. The largest absolute Gasteiger partial charge is 0.0616 e. The third-order valence-corrected chi connectivity index (χ3v) is 6.31. The standard InChI is InChI=1S/C23H28/c1-14-9-10-19(16(3)11-14)23-20-8-6-5-7-18(20)13-21-17(4)15(2)12-22(21)23/h9-11,13,15,17H,5-8,12H2,1-4H3. The van der Waals surface area contributed by atoms with E-state index in [1.165, 1.54) is 48.8 Å². The molecule has 120 valence electrons. The van der Waals surface area contributed by atoms with Gasteiger partial charge in [-0.25, -0.2) is 0 Å². The minimum absolute atomic E-state index is 0.710. The minimum Gasteiger partial charge on any atom is -0.0616 e. The number of rotatable bonds is 1. The van der Waals surface area contributed by atoms with Gasteiger partial charge in [-0.2, -0.15) is 0 Å². The van der Waals surface area contributed by atoms with Crippen molar-refractivity contribution in [3.63, 3.8) is 0 Å². The van der Waals surface area contributed by atoms with E-state index >= 15 is 0 Å². The van der Waals surface area contributed by atoms with Crippen LogP contribution in [0.2, 0.25) is 0 Å². The maximum absolute atomic E-state index is 2.57. The number of aryl methyl sites for hydroxylation is 3. The van der Waals surface area contributed by atoms with Gasteiger partial charge in [0, 0.05) is 0 Å². The molecule has 0 heterocycles. The highest BCUT2D eigenvalue weighted by Crippen LogP contribution is 2.46. The monoisotopic (exact) mass is 304 g/mol. The lowest BCUT2D eigenvalue weighted by Crippen LogP contribution is -2.08. The summed E-state index contributed by atoms with van der Waals surface area (Å²) in [6.07, 6.45) is 6.53. The highest BCUT2D eigenvalue weighted by Gasteiger charge is 2.31. The first-order valence-electron chi connectivity index (χ1n) is 9.31. The second-order valence-corrected chi connectivity index (χ2v) is 7.95. The van der Waals surface area contributed by atoms with Gasteiger partial charge in [0.1, 0.15) is 0 Å². The number of hydrogen-bond donors (Lipinski definition) is 0. The van der Waals surface area contributed by atoms with Gasteiger partial charge < -0.3 is 0 Å². The van der Waals surface area contributed by atoms with Crippen LogP contribution >= 0.6 is 0 Å². The van der Waals surface area contributed by atoms with Gasteiger partial charge in [-0.05, 0) is 96.7 Å². The SMILES string of the molecule is Cc1ccc(-c2c3c(cc4c2CC(C)C4C)CCCC3)c(C)c1. The summed E-state index contributed by atoms with van der Waals surface area (Å²) in [5.74, 6) is 1.49. The predicted octanol–water partition coefficient (Wildman–Crippen LogP) is 6.14. The molecule has 0 amide bonds. The molecule has 2 aliphatic carbocycles. The van der Waals surface area contributed by atoms with E-state index in [2.05, 4.69) is 52.0 Å². The van der Waals surface area contributed by atoms with Crippen molar-refractivity contribution in [2.75, 3.05) is 0 Å². The highest BCUT2D eigenvalue weighted by atomic mass is 14.4. The molecule has 0 saturated carbocycles. The minimum atomic E-state index is 0.710. The Bertz CT molecular complexity index is 766. The van der Waals surface area contributed by atoms with Crippen LogP contribution in [0.5, 0.6) is 0 Å². The molecule has 4 rings (SSSR count). The number of fused-ring (bicyclic) bond motifs is 2. The topological polar surface area (TPSA) is 0 Å². The van der Waals surface area contributed by atoms with E-state index in [4.69, 9.17) is 0 Å². The first-order valence-corrected chi connectivity index (χ1v) is 9.31. The van der Waals surface area contributed by atoms with Gasteiger partial charge >= 0.3 is 0 Å². The van der Waals surface area contributed by atoms with E-state index in [1.54, 1.807) is 27.8 Å². The van der Waals surface area contributed by atoms with E-state index < -0.39 is 0 Å². The summed E-state index contributed by atoms with van der Waals surface area (Å²) in [5.41, 5.74) is 12.5. The molecule has 2 aromatic carbocycles. The summed E-state index contributed by atoms with van der Waals surface area (Å²) in [6, 6.07) is 9.60. The molecular weight excluding hydrogens is 276 g/mol. The first kappa shape index (κ1) is 15.0. The summed E-state index contributed by atoms with van der Waals surface area (Å²) in [4.78, 5) is 0. The van der Waals surface area contributed by atoms with Crippen molar-refractivity contribution in [1.29, 1.82) is 0 Å². The second kappa shape index (κ2) is 5.51. The normalized spacial score (nSPS) is 22.8. The summed E-state index contributed by atoms with van der Waals surface area (Å²) in [5, 5.41) is 0. The van der Waals surface area contributed by atoms with Crippen molar-refractivity contribution < 1.29 is 0 Å². The molecule has 0 radical (unpaired) electrons. The Morgan fingerprint density at radius 3 is 2.48 bits per heavy atom. The van der Waals surface area contributed by atoms with Crippen LogP contribution in [0, 0.1) is 19.8 Å². The van der Waals surface area contributed by atoms with Crippen LogP contribution in [0.1, 0.15) is 66.0 Å². The maximum Gasteiger partial charge on any atom is -0.0111 e. The molecule has 0 fully saturated rings. The molecule has 0 bridgehead atoms. The van der Waals surface area contributed by atoms with Gasteiger partial charge in [-0.15, -0.1) is 0 Å². The second-order valence-electron chi connectivity index (χ2n) is 7.95. The van der Waals surface area contributed by atoms with Crippen LogP contribution in [-0.2, 0) is 19.3 Å². The van der Waals surface area contributed by atoms with Crippen molar-refractivity contribution in [3.8, 4) is 11.1 Å². The molecule has 0 aromatic heterocycles. The van der Waals surface area contributed by atoms with Gasteiger partial charge in [0.2, 0.25) is 0 Å². The van der Waals surface area contributed by atoms with Crippen LogP contribution in [-0.4, -0.2) is 0 Å². The molecule has 2 atom stereocenters. The summed E-state index contributed by atoms with van der Waals surface area (Å²) in [6.45, 7) is 9.34. The molecule has 2 unspecified atom stereocenters. The fourth-order valence-corrected chi connectivity index (χ4v) is 4.83. The quantitative estimate of drug-likeness (QED) is 0.593. The molecule has 0 saturated heterocycles. The van der Waals surface area contributed by atoms with Crippen molar-refractivity contribution in [3.05, 3.63) is 57.6 Å². The Hall–Kier alpha value is -1.56. The van der Waals surface area contributed by atoms with E-state index in [1.807, 2.05) is 0 Å². The molecule has 23 heavy (non-hydrogen) atoms. The van der Waals surface area contributed by atoms with Crippen molar-refractivity contribution >= 4 is 0 Å². The zero-order valence-electron chi connectivity index (χ0n) is 15.0. The Labute approximate surface area is 140 Å². The number of hydrogen-bond acceptors (Lipinski definition) is 0. The molecular formula is C23H28. The Kier molecular flexibility index (Phi) is 3.59. The zero-order valence-corrected chi connectivity index (χ0v) is 15.0. The van der Waals surface area contributed by atoms with E-state index in [0.717, 1.165) is 5.92 Å². The van der Waals surface area contributed by atoms with Gasteiger partial charge in [0.25, 0.3) is 0 Å². The average Bonchev–Trinajstić information content (AvgIpc) is 2.81. The lowest BCUT2D eigenvalue weighted by molar-refractivity contribution is 0.532. The molecule has 0 N–H and O–H groups in total. The summed E-state index contributed by atoms with van der Waals surface area (Å²) < 4.78 is 0. The zero-order chi connectivity index (χ0) is 16.1. The Morgan fingerprint density at radius 2 is 1.70 bits per heavy atom. The van der Waals surface area contributed by atoms with Crippen LogP contribution in [0.4, 0.5) is 0 Å². The van der Waals surface area contributed by atoms with Crippen molar-refractivity contribution in [2.45, 2.75) is 65.7 Å². The van der Waals surface area contributed by atoms with E-state index in [0.29, 0.717) is 5.92 Å². The summed E-state index contributed by atoms with van der Waals surface area (Å²) in [7, 11) is 0. The van der Waals surface area contributed by atoms with Crippen LogP contribution < -0.4 is 0 Å². The van der Waals surface area contributed by atoms with Gasteiger partial charge in [0.05, 0.1) is 0 Å².